The van der Waals surface area contributed by atoms with E-state index in [1.165, 1.54) is 0 Å². The Morgan fingerprint density at radius 3 is 2.55 bits per heavy atom. The minimum atomic E-state index is -0.238. The van der Waals surface area contributed by atoms with Crippen molar-refractivity contribution < 1.29 is 14.3 Å². The molecular formula is C16H23NO3. The highest BCUT2D eigenvalue weighted by atomic mass is 16.5. The Bertz CT molecular complexity index is 391. The van der Waals surface area contributed by atoms with Crippen molar-refractivity contribution in [1.29, 1.82) is 0 Å². The van der Waals surface area contributed by atoms with Gasteiger partial charge in [0.1, 0.15) is 6.10 Å². The zero-order valence-electron chi connectivity index (χ0n) is 12.1. The van der Waals surface area contributed by atoms with E-state index in [-0.39, 0.29) is 23.9 Å². The first kappa shape index (κ1) is 16.2. The molecule has 0 radical (unpaired) electrons. The number of amides is 1. The Labute approximate surface area is 120 Å². The molecule has 1 aliphatic carbocycles. The molecule has 0 aromatic rings. The summed E-state index contributed by atoms with van der Waals surface area (Å²) in [6.45, 7) is 10.1. The molecule has 2 atom stereocenters. The second-order valence-electron chi connectivity index (χ2n) is 4.79. The van der Waals surface area contributed by atoms with Crippen molar-refractivity contribution in [3.05, 3.63) is 37.5 Å². The lowest BCUT2D eigenvalue weighted by molar-refractivity contribution is -0.151. The van der Waals surface area contributed by atoms with E-state index in [9.17, 15) is 9.59 Å². The number of carbonyl (C=O) groups excluding carboxylic acids is 2. The largest absolute Gasteiger partial charge is 0.462 e. The maximum Gasteiger partial charge on any atom is 0.305 e. The molecular weight excluding hydrogens is 254 g/mol. The lowest BCUT2D eigenvalue weighted by Crippen LogP contribution is -2.38. The standard InChI is InChI=1S/C16H23NO3/c1-4-10-17(11-5-2)16(19)13-8-7-9-14(12-13)20-15(18)6-3/h4-5,7-8,13-14H,1-2,6,9-12H2,3H3. The molecule has 4 nitrogen and oxygen atoms in total. The van der Waals surface area contributed by atoms with Crippen molar-refractivity contribution in [1.82, 2.24) is 4.90 Å². The van der Waals surface area contributed by atoms with Crippen LogP contribution in [0, 0.1) is 5.92 Å². The number of carbonyl (C=O) groups is 2. The molecule has 0 N–H and O–H groups in total. The second-order valence-corrected chi connectivity index (χ2v) is 4.79. The summed E-state index contributed by atoms with van der Waals surface area (Å²) < 4.78 is 5.32. The van der Waals surface area contributed by atoms with Crippen LogP contribution in [0.2, 0.25) is 0 Å². The van der Waals surface area contributed by atoms with Gasteiger partial charge in [0.15, 0.2) is 0 Å². The van der Waals surface area contributed by atoms with Gasteiger partial charge in [-0.2, -0.15) is 0 Å². The van der Waals surface area contributed by atoms with Gasteiger partial charge >= 0.3 is 5.97 Å². The molecule has 0 bridgehead atoms. The summed E-state index contributed by atoms with van der Waals surface area (Å²) in [4.78, 5) is 25.4. The van der Waals surface area contributed by atoms with Crippen molar-refractivity contribution in [2.75, 3.05) is 13.1 Å². The van der Waals surface area contributed by atoms with Gasteiger partial charge in [0.2, 0.25) is 5.91 Å². The van der Waals surface area contributed by atoms with Gasteiger partial charge < -0.3 is 9.64 Å². The van der Waals surface area contributed by atoms with E-state index in [2.05, 4.69) is 13.2 Å². The van der Waals surface area contributed by atoms with Crippen LogP contribution in [0.25, 0.3) is 0 Å². The van der Waals surface area contributed by atoms with Crippen LogP contribution in [-0.2, 0) is 14.3 Å². The van der Waals surface area contributed by atoms with Crippen molar-refractivity contribution in [2.45, 2.75) is 32.3 Å². The predicted octanol–water partition coefficient (Wildman–Crippen LogP) is 2.48. The molecule has 20 heavy (non-hydrogen) atoms. The van der Waals surface area contributed by atoms with Gasteiger partial charge in [-0.1, -0.05) is 31.2 Å². The van der Waals surface area contributed by atoms with Crippen LogP contribution in [-0.4, -0.2) is 36.0 Å². The summed E-state index contributed by atoms with van der Waals surface area (Å²) in [7, 11) is 0. The fourth-order valence-corrected chi connectivity index (χ4v) is 2.20. The average Bonchev–Trinajstić information content (AvgIpc) is 2.46. The minimum absolute atomic E-state index is 0.0262. The van der Waals surface area contributed by atoms with Gasteiger partial charge in [0, 0.05) is 25.9 Å². The minimum Gasteiger partial charge on any atom is -0.462 e. The maximum absolute atomic E-state index is 12.4. The molecule has 1 amide bonds. The highest BCUT2D eigenvalue weighted by Gasteiger charge is 2.28. The third-order valence-corrected chi connectivity index (χ3v) is 3.20. The molecule has 110 valence electrons. The highest BCUT2D eigenvalue weighted by Crippen LogP contribution is 2.23. The average molecular weight is 277 g/mol. The number of rotatable bonds is 7. The lowest BCUT2D eigenvalue weighted by atomic mass is 9.92. The van der Waals surface area contributed by atoms with Gasteiger partial charge in [-0.15, -0.1) is 13.2 Å². The maximum atomic E-state index is 12.4. The van der Waals surface area contributed by atoms with Crippen molar-refractivity contribution in [2.24, 2.45) is 5.92 Å². The quantitative estimate of drug-likeness (QED) is 0.530. The molecule has 0 saturated heterocycles. The smallest absolute Gasteiger partial charge is 0.305 e. The normalized spacial score (nSPS) is 21.1. The van der Waals surface area contributed by atoms with Crippen LogP contribution in [0.3, 0.4) is 0 Å². The first-order valence-electron chi connectivity index (χ1n) is 6.99. The SMILES string of the molecule is C=CCN(CC=C)C(=O)C1C=CCC(OC(=O)CC)C1. The van der Waals surface area contributed by atoms with Gasteiger partial charge in [-0.3, -0.25) is 9.59 Å². The van der Waals surface area contributed by atoms with Crippen LogP contribution in [0.1, 0.15) is 26.2 Å². The zero-order chi connectivity index (χ0) is 15.0. The van der Waals surface area contributed by atoms with Gasteiger partial charge in [-0.25, -0.2) is 0 Å². The Balaban J connectivity index is 2.65. The number of nitrogens with zero attached hydrogens (tertiary/aromatic N) is 1. The Morgan fingerprint density at radius 2 is 2.00 bits per heavy atom. The summed E-state index contributed by atoms with van der Waals surface area (Å²) in [6, 6.07) is 0. The van der Waals surface area contributed by atoms with Crippen molar-refractivity contribution in [3.8, 4) is 0 Å². The van der Waals surface area contributed by atoms with Crippen LogP contribution in [0.15, 0.2) is 37.5 Å². The second kappa shape index (κ2) is 8.35. The van der Waals surface area contributed by atoms with Crippen molar-refractivity contribution in [3.63, 3.8) is 0 Å². The summed E-state index contributed by atoms with van der Waals surface area (Å²) in [5, 5.41) is 0. The molecule has 0 aromatic heterocycles. The van der Waals surface area contributed by atoms with E-state index in [0.29, 0.717) is 32.4 Å². The summed E-state index contributed by atoms with van der Waals surface area (Å²) in [5.41, 5.74) is 0. The molecule has 1 rings (SSSR count). The fourth-order valence-electron chi connectivity index (χ4n) is 2.20. The van der Waals surface area contributed by atoms with E-state index >= 15 is 0 Å². The van der Waals surface area contributed by atoms with Gasteiger partial charge in [0.05, 0.1) is 5.92 Å². The number of hydrogen-bond donors (Lipinski definition) is 0. The molecule has 1 aliphatic rings. The van der Waals surface area contributed by atoms with Gasteiger partial charge in [0.25, 0.3) is 0 Å². The van der Waals surface area contributed by atoms with E-state index < -0.39 is 0 Å². The number of hydrogen-bond acceptors (Lipinski definition) is 3. The van der Waals surface area contributed by atoms with Crippen LogP contribution in [0.4, 0.5) is 0 Å². The predicted molar refractivity (Wildman–Crippen MR) is 79.0 cm³/mol. The molecule has 0 fully saturated rings. The third kappa shape index (κ3) is 4.68. The molecule has 0 saturated carbocycles. The molecule has 0 heterocycles. The molecule has 2 unspecified atom stereocenters. The molecule has 0 aromatic carbocycles. The van der Waals surface area contributed by atoms with E-state index in [4.69, 9.17) is 4.74 Å². The van der Waals surface area contributed by atoms with E-state index in [1.54, 1.807) is 24.0 Å². The van der Waals surface area contributed by atoms with E-state index in [0.717, 1.165) is 0 Å². The Morgan fingerprint density at radius 1 is 1.35 bits per heavy atom. The summed E-state index contributed by atoms with van der Waals surface area (Å²) >= 11 is 0. The van der Waals surface area contributed by atoms with Crippen LogP contribution >= 0.6 is 0 Å². The fraction of sp³-hybridized carbons (Fsp3) is 0.500. The first-order valence-corrected chi connectivity index (χ1v) is 6.99. The first-order chi connectivity index (χ1) is 9.62. The van der Waals surface area contributed by atoms with Crippen LogP contribution < -0.4 is 0 Å². The Hall–Kier alpha value is -1.84. The third-order valence-electron chi connectivity index (χ3n) is 3.20. The van der Waals surface area contributed by atoms with Gasteiger partial charge in [-0.05, 0) is 6.42 Å². The van der Waals surface area contributed by atoms with E-state index in [1.807, 2.05) is 12.2 Å². The molecule has 0 aliphatic heterocycles. The number of esters is 1. The highest BCUT2D eigenvalue weighted by molar-refractivity contribution is 5.81. The summed E-state index contributed by atoms with van der Waals surface area (Å²) in [5.74, 6) is -0.429. The molecule has 4 heteroatoms. The molecule has 0 spiro atoms. The number of ether oxygens (including phenoxy) is 1. The topological polar surface area (TPSA) is 46.6 Å². The monoisotopic (exact) mass is 277 g/mol. The van der Waals surface area contributed by atoms with Crippen LogP contribution in [0.5, 0.6) is 0 Å². The Kier molecular flexibility index (Phi) is 6.77. The lowest BCUT2D eigenvalue weighted by Gasteiger charge is -2.28. The van der Waals surface area contributed by atoms with Crippen molar-refractivity contribution >= 4 is 11.9 Å². The zero-order valence-corrected chi connectivity index (χ0v) is 12.1. The summed E-state index contributed by atoms with van der Waals surface area (Å²) in [6.07, 6.45) is 8.60.